The number of hydrogen-bond donors (Lipinski definition) is 17. The van der Waals surface area contributed by atoms with E-state index in [-0.39, 0.29) is 0 Å². The number of hydrogen-bond acceptors (Lipinski definition) is 26. The Hall–Kier alpha value is -1.04. The van der Waals surface area contributed by atoms with E-state index >= 15 is 0 Å². The molecule has 0 aromatic heterocycles. The molecular formula is C30H52O26. The summed E-state index contributed by atoms with van der Waals surface area (Å²) in [4.78, 5) is 0. The summed E-state index contributed by atoms with van der Waals surface area (Å²) in [5.74, 6) is -10.8. The van der Waals surface area contributed by atoms with Gasteiger partial charge in [0, 0.05) is 0 Å². The predicted octanol–water partition coefficient (Wildman–Crippen LogP) is -11.9. The molecule has 21 atom stereocenters. The van der Waals surface area contributed by atoms with Crippen LogP contribution in [-0.2, 0) is 42.6 Å². The Labute approximate surface area is 316 Å². The van der Waals surface area contributed by atoms with Crippen LogP contribution in [0.4, 0.5) is 0 Å². The molecule has 0 unspecified atom stereocenters. The zero-order valence-electron chi connectivity index (χ0n) is 29.5. The number of aliphatic hydroxyl groups is 17. The molecule has 17 N–H and O–H groups in total. The number of ether oxygens (including phenoxy) is 9. The molecule has 0 aromatic rings. The standard InChI is InChI=1S/C30H52O26/c31-1-10-15(37)20(42)21(43)26(51-10)56-30(25(47)19(41)14(5-35)55-30)9-50-29(24(46)18(40)13(4-34)54-29)8-49-28(23(45)17(39)12(3-33)53-28)7-48-27(6-36)22(44)16(38)11(2-32)52-27/h10-26,31-47H,1-9H2/t10-,11-,12-,13-,14-,15-,16-,17-,18-,19-,20+,21-,22+,23+,24+,25+,26-,27-,28+,29+,30+/m1/s1. The van der Waals surface area contributed by atoms with Gasteiger partial charge < -0.3 is 129 Å². The molecule has 0 amide bonds. The van der Waals surface area contributed by atoms with E-state index in [1.54, 1.807) is 0 Å². The van der Waals surface area contributed by atoms with E-state index in [0.717, 1.165) is 0 Å². The van der Waals surface area contributed by atoms with Crippen LogP contribution in [0.3, 0.4) is 0 Å². The third-order valence-electron chi connectivity index (χ3n) is 10.7. The third-order valence-corrected chi connectivity index (χ3v) is 10.7. The van der Waals surface area contributed by atoms with Crippen molar-refractivity contribution in [3.63, 3.8) is 0 Å². The lowest BCUT2D eigenvalue weighted by molar-refractivity contribution is -0.406. The van der Waals surface area contributed by atoms with Gasteiger partial charge in [-0.15, -0.1) is 0 Å². The molecule has 0 spiro atoms. The van der Waals surface area contributed by atoms with Crippen LogP contribution in [0, 0.1) is 0 Å². The summed E-state index contributed by atoms with van der Waals surface area (Å²) in [6.07, 6.45) is -32.5. The fraction of sp³-hybridized carbons (Fsp3) is 1.00. The van der Waals surface area contributed by atoms with Crippen molar-refractivity contribution in [1.82, 2.24) is 0 Å². The number of rotatable bonds is 17. The second kappa shape index (κ2) is 17.9. The van der Waals surface area contributed by atoms with Gasteiger partial charge in [-0.25, -0.2) is 0 Å². The van der Waals surface area contributed by atoms with Crippen molar-refractivity contribution in [2.24, 2.45) is 0 Å². The van der Waals surface area contributed by atoms with Crippen molar-refractivity contribution in [1.29, 1.82) is 0 Å². The van der Waals surface area contributed by atoms with Crippen LogP contribution < -0.4 is 0 Å². The maximum Gasteiger partial charge on any atom is 0.224 e. The smallest absolute Gasteiger partial charge is 0.224 e. The van der Waals surface area contributed by atoms with Crippen LogP contribution in [-0.4, -0.2) is 273 Å². The fourth-order valence-corrected chi connectivity index (χ4v) is 7.15. The molecule has 5 aliphatic heterocycles. The molecular weight excluding hydrogens is 776 g/mol. The van der Waals surface area contributed by atoms with E-state index in [0.29, 0.717) is 0 Å². The Balaban J connectivity index is 1.47. The Morgan fingerprint density at radius 3 is 1.05 bits per heavy atom. The molecule has 56 heavy (non-hydrogen) atoms. The van der Waals surface area contributed by atoms with Crippen LogP contribution in [0.25, 0.3) is 0 Å². The summed E-state index contributed by atoms with van der Waals surface area (Å²) in [6.45, 7) is -9.51. The molecule has 26 nitrogen and oxygen atoms in total. The van der Waals surface area contributed by atoms with E-state index in [2.05, 4.69) is 0 Å². The van der Waals surface area contributed by atoms with Crippen molar-refractivity contribution in [2.45, 2.75) is 127 Å². The highest BCUT2D eigenvalue weighted by molar-refractivity contribution is 5.04. The number of aliphatic hydroxyl groups excluding tert-OH is 17. The van der Waals surface area contributed by atoms with Crippen LogP contribution in [0.5, 0.6) is 0 Å². The van der Waals surface area contributed by atoms with Gasteiger partial charge in [-0.3, -0.25) is 0 Å². The quantitative estimate of drug-likeness (QED) is 0.0647. The summed E-state index contributed by atoms with van der Waals surface area (Å²) in [6, 6.07) is 0. The second-order valence-electron chi connectivity index (χ2n) is 14.2. The molecule has 0 bridgehead atoms. The van der Waals surface area contributed by atoms with Gasteiger partial charge in [0.2, 0.25) is 23.1 Å². The maximum absolute atomic E-state index is 11.3. The van der Waals surface area contributed by atoms with E-state index < -0.39 is 187 Å². The predicted molar refractivity (Wildman–Crippen MR) is 167 cm³/mol. The largest absolute Gasteiger partial charge is 0.394 e. The van der Waals surface area contributed by atoms with Crippen molar-refractivity contribution in [3.8, 4) is 0 Å². The normalized spacial score (nSPS) is 52.3. The second-order valence-corrected chi connectivity index (χ2v) is 14.2. The minimum absolute atomic E-state index is 0.852. The first-order valence-electron chi connectivity index (χ1n) is 17.5. The summed E-state index contributed by atoms with van der Waals surface area (Å²) in [5, 5.41) is 177. The van der Waals surface area contributed by atoms with Crippen LogP contribution >= 0.6 is 0 Å². The molecule has 5 fully saturated rings. The molecule has 5 heterocycles. The first kappa shape index (κ1) is 46.0. The molecule has 5 rings (SSSR count). The highest BCUT2D eigenvalue weighted by Gasteiger charge is 2.65. The molecule has 0 aromatic carbocycles. The average Bonchev–Trinajstić information content (AvgIpc) is 3.80. The monoisotopic (exact) mass is 828 g/mol. The lowest BCUT2D eigenvalue weighted by Crippen LogP contribution is -2.63. The summed E-state index contributed by atoms with van der Waals surface area (Å²) in [5.41, 5.74) is 0. The maximum atomic E-state index is 11.3. The van der Waals surface area contributed by atoms with Crippen LogP contribution in [0.2, 0.25) is 0 Å². The first-order valence-corrected chi connectivity index (χ1v) is 17.5. The highest BCUT2D eigenvalue weighted by atomic mass is 16.8. The van der Waals surface area contributed by atoms with E-state index in [9.17, 15) is 86.8 Å². The zero-order valence-corrected chi connectivity index (χ0v) is 29.5. The van der Waals surface area contributed by atoms with Gasteiger partial charge in [-0.1, -0.05) is 0 Å². The van der Waals surface area contributed by atoms with Crippen molar-refractivity contribution in [2.75, 3.05) is 59.5 Å². The van der Waals surface area contributed by atoms with Crippen LogP contribution in [0.15, 0.2) is 0 Å². The van der Waals surface area contributed by atoms with Crippen molar-refractivity contribution in [3.05, 3.63) is 0 Å². The van der Waals surface area contributed by atoms with E-state index in [1.165, 1.54) is 0 Å². The SMILES string of the molecule is OC[C@H]1O[C@](CO[C@@]2(CO[C@]3(CO)O[C@H](CO)[C@@H](O)[C@@H]3O)O[C@H](CO)[C@@H](O)[C@@H]2O)(OC[C@@]2(O[C@H]3O[C@H](CO)[C@@H](O)[C@H](O)[C@H]3O)O[C@H](CO)[C@@H](O)[C@@H]2O)[C@@H](O)[C@@H]1O. The minimum atomic E-state index is -2.79. The van der Waals surface area contributed by atoms with Gasteiger partial charge in [0.05, 0.1) is 33.0 Å². The fourth-order valence-electron chi connectivity index (χ4n) is 7.15. The molecule has 0 radical (unpaired) electrons. The Bertz CT molecular complexity index is 1270. The van der Waals surface area contributed by atoms with Gasteiger partial charge in [-0.2, -0.15) is 0 Å². The third kappa shape index (κ3) is 7.97. The molecule has 0 saturated carbocycles. The molecule has 5 saturated heterocycles. The Kier molecular flexibility index (Phi) is 14.7. The Morgan fingerprint density at radius 2 is 0.679 bits per heavy atom. The first-order chi connectivity index (χ1) is 26.4. The summed E-state index contributed by atoms with van der Waals surface area (Å²) in [7, 11) is 0. The average molecular weight is 829 g/mol. The highest BCUT2D eigenvalue weighted by Crippen LogP contribution is 2.43. The summed E-state index contributed by atoms with van der Waals surface area (Å²) >= 11 is 0. The van der Waals surface area contributed by atoms with Crippen LogP contribution in [0.1, 0.15) is 0 Å². The van der Waals surface area contributed by atoms with Gasteiger partial charge in [-0.05, 0) is 0 Å². The van der Waals surface area contributed by atoms with Crippen molar-refractivity contribution >= 4 is 0 Å². The molecule has 328 valence electrons. The minimum Gasteiger partial charge on any atom is -0.394 e. The van der Waals surface area contributed by atoms with Gasteiger partial charge in [0.1, 0.15) is 124 Å². The van der Waals surface area contributed by atoms with Gasteiger partial charge >= 0.3 is 0 Å². The lowest BCUT2D eigenvalue weighted by Gasteiger charge is -2.45. The van der Waals surface area contributed by atoms with Gasteiger partial charge in [0.15, 0.2) is 6.29 Å². The van der Waals surface area contributed by atoms with Gasteiger partial charge in [0.25, 0.3) is 0 Å². The molecule has 26 heteroatoms. The zero-order chi connectivity index (χ0) is 41.5. The van der Waals surface area contributed by atoms with E-state index in [1.807, 2.05) is 0 Å². The van der Waals surface area contributed by atoms with E-state index in [4.69, 9.17) is 42.6 Å². The molecule has 5 aliphatic rings. The lowest BCUT2D eigenvalue weighted by atomic mass is 9.99. The van der Waals surface area contributed by atoms with Crippen molar-refractivity contribution < 1.29 is 129 Å². The summed E-state index contributed by atoms with van der Waals surface area (Å²) < 4.78 is 50.6. The molecule has 0 aliphatic carbocycles. The topological polar surface area (TPSA) is 427 Å². The Morgan fingerprint density at radius 1 is 0.357 bits per heavy atom.